The lowest BCUT2D eigenvalue weighted by atomic mass is 9.96. The van der Waals surface area contributed by atoms with Crippen LogP contribution in [-0.2, 0) is 9.53 Å². The minimum absolute atomic E-state index is 0.0679. The number of benzene rings is 1. The Bertz CT molecular complexity index is 574. The van der Waals surface area contributed by atoms with Gasteiger partial charge in [0.2, 0.25) is 0 Å². The van der Waals surface area contributed by atoms with Gasteiger partial charge in [-0.25, -0.2) is 0 Å². The first-order valence-electron chi connectivity index (χ1n) is 10.4. The first kappa shape index (κ1) is 23.5. The van der Waals surface area contributed by atoms with Crippen molar-refractivity contribution in [1.82, 2.24) is 0 Å². The van der Waals surface area contributed by atoms with Crippen LogP contribution in [-0.4, -0.2) is 24.7 Å². The molecule has 0 unspecified atom stereocenters. The Morgan fingerprint density at radius 1 is 1.11 bits per heavy atom. The van der Waals surface area contributed by atoms with E-state index in [1.807, 2.05) is 32.9 Å². The maximum absolute atomic E-state index is 13.0. The zero-order chi connectivity index (χ0) is 20.4. The fourth-order valence-electron chi connectivity index (χ4n) is 3.05. The fourth-order valence-corrected chi connectivity index (χ4v) is 3.05. The lowest BCUT2D eigenvalue weighted by Crippen LogP contribution is -2.43. The van der Waals surface area contributed by atoms with Crippen LogP contribution in [0.4, 0.5) is 5.69 Å². The van der Waals surface area contributed by atoms with E-state index >= 15 is 0 Å². The van der Waals surface area contributed by atoms with Crippen LogP contribution in [0.25, 0.3) is 0 Å². The molecule has 0 aliphatic rings. The maximum Gasteiger partial charge on any atom is 0.256 e. The van der Waals surface area contributed by atoms with Crippen molar-refractivity contribution in [2.45, 2.75) is 86.2 Å². The number of nitrogens with one attached hydrogen (secondary N) is 1. The second-order valence-electron chi connectivity index (χ2n) is 8.13. The quantitative estimate of drug-likeness (QED) is 0.452. The van der Waals surface area contributed by atoms with E-state index < -0.39 is 5.60 Å². The summed E-state index contributed by atoms with van der Waals surface area (Å²) >= 11 is 0. The molecule has 0 aliphatic carbocycles. The number of rotatable bonds is 12. The average Bonchev–Trinajstić information content (AvgIpc) is 2.59. The highest BCUT2D eigenvalue weighted by Crippen LogP contribution is 2.29. The predicted octanol–water partition coefficient (Wildman–Crippen LogP) is 6.04. The molecule has 0 bridgehead atoms. The van der Waals surface area contributed by atoms with Crippen molar-refractivity contribution in [3.05, 3.63) is 23.3 Å². The molecule has 1 rings (SSSR count). The molecule has 1 aromatic carbocycles. The average molecular weight is 378 g/mol. The summed E-state index contributed by atoms with van der Waals surface area (Å²) in [5, 5.41) is 3.07. The van der Waals surface area contributed by atoms with Gasteiger partial charge in [0.15, 0.2) is 0 Å². The molecule has 0 saturated heterocycles. The zero-order valence-corrected chi connectivity index (χ0v) is 18.4. The molecular weight excluding hydrogens is 338 g/mol. The van der Waals surface area contributed by atoms with Gasteiger partial charge in [0.05, 0.1) is 6.61 Å². The largest absolute Gasteiger partial charge is 0.493 e. The fraction of sp³-hybridized carbons (Fsp3) is 0.696. The van der Waals surface area contributed by atoms with Crippen molar-refractivity contribution in [1.29, 1.82) is 0 Å². The highest BCUT2D eigenvalue weighted by Gasteiger charge is 2.33. The third-order valence-corrected chi connectivity index (χ3v) is 4.64. The molecule has 0 saturated carbocycles. The summed E-state index contributed by atoms with van der Waals surface area (Å²) in [7, 11) is 0. The van der Waals surface area contributed by atoms with Crippen molar-refractivity contribution in [2.75, 3.05) is 18.5 Å². The van der Waals surface area contributed by atoms with Crippen molar-refractivity contribution in [3.8, 4) is 5.75 Å². The molecule has 0 aromatic heterocycles. The number of unbranched alkanes of at least 4 members (excludes halogenated alkanes) is 2. The Morgan fingerprint density at radius 3 is 2.26 bits per heavy atom. The SMILES string of the molecule is CCCCC[C@@](C)(OCCC)C(=O)Nc1cc(C)c(OCC(C)C)c(C)c1. The molecule has 1 amide bonds. The summed E-state index contributed by atoms with van der Waals surface area (Å²) in [5.41, 5.74) is 2.08. The third kappa shape index (κ3) is 7.53. The van der Waals surface area contributed by atoms with Gasteiger partial charge in [0.25, 0.3) is 5.91 Å². The van der Waals surface area contributed by atoms with Gasteiger partial charge in [-0.05, 0) is 62.8 Å². The number of carbonyl (C=O) groups excluding carboxylic acids is 1. The Hall–Kier alpha value is -1.55. The molecule has 1 aromatic rings. The molecule has 1 N–H and O–H groups in total. The van der Waals surface area contributed by atoms with Gasteiger partial charge in [-0.15, -0.1) is 0 Å². The summed E-state index contributed by atoms with van der Waals surface area (Å²) in [6.07, 6.45) is 4.86. The molecule has 4 heteroatoms. The minimum Gasteiger partial charge on any atom is -0.493 e. The summed E-state index contributed by atoms with van der Waals surface area (Å²) < 4.78 is 11.9. The lowest BCUT2D eigenvalue weighted by molar-refractivity contribution is -0.140. The van der Waals surface area contributed by atoms with Crippen molar-refractivity contribution >= 4 is 11.6 Å². The molecule has 0 aliphatic heterocycles. The normalized spacial score (nSPS) is 13.5. The van der Waals surface area contributed by atoms with Crippen molar-refractivity contribution < 1.29 is 14.3 Å². The molecular formula is C23H39NO3. The van der Waals surface area contributed by atoms with E-state index in [1.54, 1.807) is 0 Å². The molecule has 0 fully saturated rings. The summed E-state index contributed by atoms with van der Waals surface area (Å²) in [5.74, 6) is 1.32. The van der Waals surface area contributed by atoms with Crippen molar-refractivity contribution in [2.24, 2.45) is 5.92 Å². The highest BCUT2D eigenvalue weighted by atomic mass is 16.5. The standard InChI is InChI=1S/C23H39NO3/c1-8-10-11-12-23(7,27-13-9-2)22(25)24-20-14-18(5)21(19(6)15-20)26-16-17(3)4/h14-15,17H,8-13,16H2,1-7H3,(H,24,25)/t23-/m1/s1. The lowest BCUT2D eigenvalue weighted by Gasteiger charge is -2.29. The summed E-state index contributed by atoms with van der Waals surface area (Å²) in [6.45, 7) is 15.7. The van der Waals surface area contributed by atoms with Crippen LogP contribution in [0.1, 0.15) is 77.8 Å². The number of hydrogen-bond donors (Lipinski definition) is 1. The molecule has 0 radical (unpaired) electrons. The predicted molar refractivity (Wildman–Crippen MR) is 114 cm³/mol. The van der Waals surface area contributed by atoms with Crippen LogP contribution in [0.3, 0.4) is 0 Å². The van der Waals surface area contributed by atoms with Gasteiger partial charge in [-0.1, -0.05) is 47.0 Å². The first-order chi connectivity index (χ1) is 12.7. The van der Waals surface area contributed by atoms with Gasteiger partial charge in [0.1, 0.15) is 11.4 Å². The van der Waals surface area contributed by atoms with Crippen LogP contribution < -0.4 is 10.1 Å². The van der Waals surface area contributed by atoms with E-state index in [-0.39, 0.29) is 5.91 Å². The van der Waals surface area contributed by atoms with Gasteiger partial charge in [-0.2, -0.15) is 0 Å². The Balaban J connectivity index is 2.90. The maximum atomic E-state index is 13.0. The topological polar surface area (TPSA) is 47.6 Å². The van der Waals surface area contributed by atoms with Crippen LogP contribution in [0.2, 0.25) is 0 Å². The van der Waals surface area contributed by atoms with Crippen molar-refractivity contribution in [3.63, 3.8) is 0 Å². The molecule has 0 spiro atoms. The second kappa shape index (κ2) is 11.3. The van der Waals surface area contributed by atoms with Gasteiger partial charge >= 0.3 is 0 Å². The minimum atomic E-state index is -0.792. The van der Waals surface area contributed by atoms with E-state index in [0.717, 1.165) is 54.7 Å². The number of anilines is 1. The highest BCUT2D eigenvalue weighted by molar-refractivity contribution is 5.97. The number of aryl methyl sites for hydroxylation is 2. The number of ether oxygens (including phenoxy) is 2. The molecule has 1 atom stereocenters. The van der Waals surface area contributed by atoms with Crippen LogP contribution in [0, 0.1) is 19.8 Å². The Labute approximate surface area is 166 Å². The van der Waals surface area contributed by atoms with Gasteiger partial charge in [0, 0.05) is 12.3 Å². The number of carbonyl (C=O) groups is 1. The second-order valence-corrected chi connectivity index (χ2v) is 8.13. The van der Waals surface area contributed by atoms with E-state index in [4.69, 9.17) is 9.47 Å². The first-order valence-corrected chi connectivity index (χ1v) is 10.4. The van der Waals surface area contributed by atoms with E-state index in [2.05, 4.69) is 33.0 Å². The molecule has 0 heterocycles. The number of hydrogen-bond acceptors (Lipinski definition) is 3. The number of amides is 1. The summed E-state index contributed by atoms with van der Waals surface area (Å²) in [4.78, 5) is 13.0. The third-order valence-electron chi connectivity index (χ3n) is 4.64. The Morgan fingerprint density at radius 2 is 1.74 bits per heavy atom. The Kier molecular flexibility index (Phi) is 9.86. The smallest absolute Gasteiger partial charge is 0.256 e. The molecule has 4 nitrogen and oxygen atoms in total. The monoisotopic (exact) mass is 377 g/mol. The molecule has 154 valence electrons. The summed E-state index contributed by atoms with van der Waals surface area (Å²) in [6, 6.07) is 3.96. The van der Waals surface area contributed by atoms with Crippen LogP contribution in [0.15, 0.2) is 12.1 Å². The van der Waals surface area contributed by atoms with E-state index in [1.165, 1.54) is 0 Å². The zero-order valence-electron chi connectivity index (χ0n) is 18.4. The molecule has 27 heavy (non-hydrogen) atoms. The van der Waals surface area contributed by atoms with Gasteiger partial charge < -0.3 is 14.8 Å². The van der Waals surface area contributed by atoms with Gasteiger partial charge in [-0.3, -0.25) is 4.79 Å². The van der Waals surface area contributed by atoms with Crippen LogP contribution >= 0.6 is 0 Å². The van der Waals surface area contributed by atoms with E-state index in [0.29, 0.717) is 19.1 Å². The van der Waals surface area contributed by atoms with E-state index in [9.17, 15) is 4.79 Å². The van der Waals surface area contributed by atoms with Crippen LogP contribution in [0.5, 0.6) is 5.75 Å².